The second-order valence-corrected chi connectivity index (χ2v) is 13.5. The van der Waals surface area contributed by atoms with Crippen LogP contribution in [0.1, 0.15) is 78.4 Å². The lowest BCUT2D eigenvalue weighted by molar-refractivity contribution is -0.136. The first-order chi connectivity index (χ1) is 18.9. The summed E-state index contributed by atoms with van der Waals surface area (Å²) in [7, 11) is 0. The zero-order chi connectivity index (χ0) is 26.7. The molecule has 2 aromatic rings. The van der Waals surface area contributed by atoms with Gasteiger partial charge in [-0.2, -0.15) is 0 Å². The van der Waals surface area contributed by atoms with Crippen LogP contribution < -0.4 is 10.6 Å². The number of benzene rings is 2. The number of carbonyl (C=O) groups excluding carboxylic acids is 3. The van der Waals surface area contributed by atoms with Crippen molar-refractivity contribution >= 4 is 29.5 Å². The normalized spacial score (nSPS) is 31.1. The molecule has 2 aliphatic heterocycles. The van der Waals surface area contributed by atoms with Crippen molar-refractivity contribution < 1.29 is 18.8 Å². The fraction of sp³-hybridized carbons (Fsp3) is 0.516. The number of nitrogens with zero attached hydrogens (tertiary/aromatic N) is 1. The second kappa shape index (κ2) is 9.73. The summed E-state index contributed by atoms with van der Waals surface area (Å²) in [5.41, 5.74) is 3.34. The lowest BCUT2D eigenvalue weighted by Gasteiger charge is -2.57. The Hall–Kier alpha value is -2.71. The summed E-state index contributed by atoms with van der Waals surface area (Å²) in [5.74, 6) is 2.00. The quantitative estimate of drug-likeness (QED) is 0.379. The summed E-state index contributed by atoms with van der Waals surface area (Å²) in [6.07, 6.45) is 8.64. The van der Waals surface area contributed by atoms with Crippen molar-refractivity contribution in [2.75, 3.05) is 0 Å². The Balaban J connectivity index is 0.999. The van der Waals surface area contributed by atoms with E-state index in [0.717, 1.165) is 33.8 Å². The minimum Gasteiger partial charge on any atom is -0.322 e. The molecule has 2 aromatic carbocycles. The molecule has 1 atom stereocenters. The van der Waals surface area contributed by atoms with Gasteiger partial charge in [0.05, 0.1) is 0 Å². The Kier molecular flexibility index (Phi) is 6.31. The molecule has 4 saturated carbocycles. The predicted molar refractivity (Wildman–Crippen MR) is 146 cm³/mol. The van der Waals surface area contributed by atoms with Gasteiger partial charge >= 0.3 is 0 Å². The van der Waals surface area contributed by atoms with Crippen molar-refractivity contribution in [1.29, 1.82) is 0 Å². The average molecular weight is 548 g/mol. The van der Waals surface area contributed by atoms with Crippen molar-refractivity contribution in [2.24, 2.45) is 17.8 Å². The zero-order valence-corrected chi connectivity index (χ0v) is 22.8. The number of rotatable bonds is 7. The molecule has 8 rings (SSSR count). The first-order valence-corrected chi connectivity index (χ1v) is 15.3. The Morgan fingerprint density at radius 3 is 2.46 bits per heavy atom. The number of hydrogen-bond donors (Lipinski definition) is 2. The Morgan fingerprint density at radius 2 is 1.77 bits per heavy atom. The van der Waals surface area contributed by atoms with Gasteiger partial charge in [0, 0.05) is 41.3 Å². The molecule has 2 heterocycles. The Bertz CT molecular complexity index is 1330. The van der Waals surface area contributed by atoms with Crippen LogP contribution in [0.2, 0.25) is 0 Å². The van der Waals surface area contributed by atoms with Gasteiger partial charge in [0.1, 0.15) is 11.9 Å². The molecule has 6 nitrogen and oxygen atoms in total. The molecule has 39 heavy (non-hydrogen) atoms. The van der Waals surface area contributed by atoms with E-state index in [9.17, 15) is 14.4 Å². The molecule has 3 amide bonds. The molecule has 4 bridgehead atoms. The van der Waals surface area contributed by atoms with E-state index in [4.69, 9.17) is 0 Å². The highest BCUT2D eigenvalue weighted by atomic mass is 32.2. The van der Waals surface area contributed by atoms with Crippen molar-refractivity contribution in [3.8, 4) is 0 Å². The third-order valence-corrected chi connectivity index (χ3v) is 10.9. The molecule has 5 fully saturated rings. The third kappa shape index (κ3) is 4.69. The molecular formula is C31H34FN3O3S. The molecule has 1 unspecified atom stereocenters. The lowest BCUT2D eigenvalue weighted by atomic mass is 9.53. The van der Waals surface area contributed by atoms with Crippen molar-refractivity contribution in [3.05, 3.63) is 64.5 Å². The highest BCUT2D eigenvalue weighted by Crippen LogP contribution is 2.55. The minimum absolute atomic E-state index is 0.191. The van der Waals surface area contributed by atoms with E-state index in [1.54, 1.807) is 17.0 Å². The van der Waals surface area contributed by atoms with Gasteiger partial charge in [0.15, 0.2) is 0 Å². The van der Waals surface area contributed by atoms with Crippen LogP contribution in [0.4, 0.5) is 4.39 Å². The van der Waals surface area contributed by atoms with Gasteiger partial charge in [-0.3, -0.25) is 19.7 Å². The molecule has 2 N–H and O–H groups in total. The van der Waals surface area contributed by atoms with E-state index >= 15 is 4.39 Å². The standard InChI is InChI=1S/C31H34FN3O3S/c32-25-11-18(15-33-31-12-19-8-20(13-31)10-21(9-19)14-31)4-5-22(25)17-39-27-3-1-2-23-24(27)16-35(30(23)38)26-6-7-28(36)34-29(26)37/h1-5,11,19-21,26,33H,6-10,12-17H2,(H,34,36,37). The van der Waals surface area contributed by atoms with Crippen molar-refractivity contribution in [1.82, 2.24) is 15.5 Å². The summed E-state index contributed by atoms with van der Waals surface area (Å²) in [6.45, 7) is 1.03. The molecule has 0 spiro atoms. The van der Waals surface area contributed by atoms with E-state index in [1.165, 1.54) is 50.3 Å². The second-order valence-electron chi connectivity index (χ2n) is 12.4. The van der Waals surface area contributed by atoms with Crippen LogP contribution in [0.5, 0.6) is 0 Å². The molecule has 4 aliphatic carbocycles. The first-order valence-electron chi connectivity index (χ1n) is 14.3. The molecule has 6 aliphatic rings. The number of amides is 3. The van der Waals surface area contributed by atoms with Crippen molar-refractivity contribution in [2.45, 2.75) is 86.7 Å². The summed E-state index contributed by atoms with van der Waals surface area (Å²) < 4.78 is 15.2. The fourth-order valence-corrected chi connectivity index (χ4v) is 9.35. The van der Waals surface area contributed by atoms with Crippen molar-refractivity contribution in [3.63, 3.8) is 0 Å². The molecule has 204 valence electrons. The highest BCUT2D eigenvalue weighted by Gasteiger charge is 2.50. The van der Waals surface area contributed by atoms with E-state index in [2.05, 4.69) is 10.6 Å². The largest absolute Gasteiger partial charge is 0.322 e. The van der Waals surface area contributed by atoms with Crippen LogP contribution in [-0.2, 0) is 28.4 Å². The van der Waals surface area contributed by atoms with E-state index in [1.807, 2.05) is 24.3 Å². The highest BCUT2D eigenvalue weighted by molar-refractivity contribution is 7.98. The monoisotopic (exact) mass is 547 g/mol. The number of fused-ring (bicyclic) bond motifs is 1. The number of thioether (sulfide) groups is 1. The van der Waals surface area contributed by atoms with Gasteiger partial charge in [-0.05, 0) is 97.6 Å². The first kappa shape index (κ1) is 25.3. The predicted octanol–water partition coefficient (Wildman–Crippen LogP) is 4.94. The van der Waals surface area contributed by atoms with Crippen LogP contribution in [-0.4, -0.2) is 34.2 Å². The smallest absolute Gasteiger partial charge is 0.255 e. The Morgan fingerprint density at radius 1 is 1.03 bits per heavy atom. The molecular weight excluding hydrogens is 513 g/mol. The number of hydrogen-bond acceptors (Lipinski definition) is 5. The summed E-state index contributed by atoms with van der Waals surface area (Å²) >= 11 is 1.51. The van der Waals surface area contributed by atoms with Gasteiger partial charge in [0.25, 0.3) is 5.91 Å². The summed E-state index contributed by atoms with van der Waals surface area (Å²) in [6, 6.07) is 10.5. The lowest BCUT2D eigenvalue weighted by Crippen LogP contribution is -2.58. The summed E-state index contributed by atoms with van der Waals surface area (Å²) in [5, 5.41) is 6.21. The van der Waals surface area contributed by atoms with Crippen LogP contribution in [0, 0.1) is 23.6 Å². The minimum atomic E-state index is -0.641. The number of halogens is 1. The maximum Gasteiger partial charge on any atom is 0.255 e. The number of imide groups is 1. The summed E-state index contributed by atoms with van der Waals surface area (Å²) in [4.78, 5) is 39.5. The topological polar surface area (TPSA) is 78.5 Å². The number of piperidine rings is 1. The van der Waals surface area contributed by atoms with E-state index in [-0.39, 0.29) is 29.6 Å². The molecule has 8 heteroatoms. The number of nitrogens with one attached hydrogen (secondary N) is 2. The molecule has 0 radical (unpaired) electrons. The maximum absolute atomic E-state index is 15.2. The molecule has 0 aromatic heterocycles. The Labute approximate surface area is 232 Å². The van der Waals surface area contributed by atoms with Crippen LogP contribution in [0.25, 0.3) is 0 Å². The van der Waals surface area contributed by atoms with Gasteiger partial charge < -0.3 is 10.2 Å². The van der Waals surface area contributed by atoms with Gasteiger partial charge in [-0.1, -0.05) is 18.2 Å². The number of carbonyl (C=O) groups is 3. The third-order valence-electron chi connectivity index (χ3n) is 9.75. The van der Waals surface area contributed by atoms with Gasteiger partial charge in [-0.15, -0.1) is 11.8 Å². The van der Waals surface area contributed by atoms with E-state index < -0.39 is 11.9 Å². The van der Waals surface area contributed by atoms with Crippen LogP contribution >= 0.6 is 11.8 Å². The van der Waals surface area contributed by atoms with Crippen LogP contribution in [0.15, 0.2) is 41.3 Å². The van der Waals surface area contributed by atoms with Gasteiger partial charge in [-0.25, -0.2) is 4.39 Å². The SMILES string of the molecule is O=C1CCC(N2Cc3c(SCc4ccc(CNC56CC7CC(CC(C7)C5)C6)cc4F)cccc3C2=O)C(=O)N1. The average Bonchev–Trinajstić information content (AvgIpc) is 3.23. The van der Waals surface area contributed by atoms with Crippen LogP contribution in [0.3, 0.4) is 0 Å². The maximum atomic E-state index is 15.2. The fourth-order valence-electron chi connectivity index (χ4n) is 8.28. The van der Waals surface area contributed by atoms with Gasteiger partial charge in [0.2, 0.25) is 11.8 Å². The van der Waals surface area contributed by atoms with E-state index in [0.29, 0.717) is 36.4 Å². The zero-order valence-electron chi connectivity index (χ0n) is 22.0. The molecule has 1 saturated heterocycles.